The van der Waals surface area contributed by atoms with Gasteiger partial charge in [0.05, 0.1) is 4.92 Å². The highest BCUT2D eigenvalue weighted by Gasteiger charge is 2.20. The molecule has 0 saturated carbocycles. The van der Waals surface area contributed by atoms with Gasteiger partial charge in [-0.25, -0.2) is 0 Å². The molecule has 0 amide bonds. The van der Waals surface area contributed by atoms with Crippen LogP contribution in [0.5, 0.6) is 0 Å². The van der Waals surface area contributed by atoms with Crippen molar-refractivity contribution in [2.24, 2.45) is 0 Å². The van der Waals surface area contributed by atoms with Crippen LogP contribution in [0.3, 0.4) is 0 Å². The Morgan fingerprint density at radius 3 is 2.33 bits per heavy atom. The Bertz CT molecular complexity index is 673. The molecular weight excluding hydrogens is 264 g/mol. The molecule has 0 unspecified atom stereocenters. The molecule has 0 saturated heterocycles. The molecule has 4 heteroatoms. The van der Waals surface area contributed by atoms with Crippen LogP contribution in [0.1, 0.15) is 31.9 Å². The van der Waals surface area contributed by atoms with Gasteiger partial charge in [-0.1, -0.05) is 51.1 Å². The topological polar surface area (TPSA) is 55.2 Å². The van der Waals surface area contributed by atoms with Crippen LogP contribution in [0.25, 0.3) is 0 Å². The van der Waals surface area contributed by atoms with E-state index in [1.807, 2.05) is 37.3 Å². The molecule has 21 heavy (non-hydrogen) atoms. The summed E-state index contributed by atoms with van der Waals surface area (Å²) in [5.74, 6) is 0. The Kier molecular flexibility index (Phi) is 3.98. The molecule has 0 fully saturated rings. The Balaban J connectivity index is 2.52. The van der Waals surface area contributed by atoms with Crippen molar-refractivity contribution in [2.45, 2.75) is 33.1 Å². The van der Waals surface area contributed by atoms with E-state index in [0.717, 1.165) is 16.8 Å². The van der Waals surface area contributed by atoms with Crippen molar-refractivity contribution in [3.05, 3.63) is 63.7 Å². The average Bonchev–Trinajstić information content (AvgIpc) is 2.40. The lowest BCUT2D eigenvalue weighted by atomic mass is 9.85. The summed E-state index contributed by atoms with van der Waals surface area (Å²) in [6.45, 7) is 8.24. The summed E-state index contributed by atoms with van der Waals surface area (Å²) in [5, 5.41) is 14.5. The minimum atomic E-state index is -0.352. The number of rotatable bonds is 3. The van der Waals surface area contributed by atoms with Crippen LogP contribution < -0.4 is 5.32 Å². The third-order valence-corrected chi connectivity index (χ3v) is 3.44. The first kappa shape index (κ1) is 15.0. The molecule has 1 N–H and O–H groups in total. The number of nitro groups is 1. The second-order valence-corrected chi connectivity index (χ2v) is 6.15. The van der Waals surface area contributed by atoms with Crippen molar-refractivity contribution < 1.29 is 4.92 Å². The van der Waals surface area contributed by atoms with Crippen molar-refractivity contribution in [1.29, 1.82) is 0 Å². The highest BCUT2D eigenvalue weighted by atomic mass is 16.6. The number of nitrogens with zero attached hydrogens (tertiary/aromatic N) is 1. The van der Waals surface area contributed by atoms with E-state index in [4.69, 9.17) is 0 Å². The Labute approximate surface area is 125 Å². The number of anilines is 2. The summed E-state index contributed by atoms with van der Waals surface area (Å²) in [4.78, 5) is 10.9. The van der Waals surface area contributed by atoms with Crippen LogP contribution >= 0.6 is 0 Å². The van der Waals surface area contributed by atoms with Gasteiger partial charge in [0.15, 0.2) is 0 Å². The number of nitro benzene ring substituents is 1. The monoisotopic (exact) mass is 284 g/mol. The largest absolute Gasteiger partial charge is 0.349 e. The number of para-hydroxylation sites is 2. The molecule has 110 valence electrons. The quantitative estimate of drug-likeness (QED) is 0.641. The second-order valence-electron chi connectivity index (χ2n) is 6.15. The zero-order valence-electron chi connectivity index (χ0n) is 12.8. The molecule has 0 spiro atoms. The maximum Gasteiger partial charge on any atom is 0.292 e. The molecule has 0 aliphatic heterocycles. The molecule has 0 atom stereocenters. The van der Waals surface area contributed by atoms with Crippen molar-refractivity contribution in [3.8, 4) is 0 Å². The lowest BCUT2D eigenvalue weighted by molar-refractivity contribution is -0.384. The Hall–Kier alpha value is -2.36. The number of hydrogen-bond donors (Lipinski definition) is 1. The fraction of sp³-hybridized carbons (Fsp3) is 0.294. The summed E-state index contributed by atoms with van der Waals surface area (Å²) in [6, 6.07) is 13.0. The van der Waals surface area contributed by atoms with E-state index in [2.05, 4.69) is 26.1 Å². The molecule has 0 bridgehead atoms. The summed E-state index contributed by atoms with van der Waals surface area (Å²) in [5.41, 5.74) is 3.50. The van der Waals surface area contributed by atoms with Gasteiger partial charge in [0.25, 0.3) is 5.69 Å². The van der Waals surface area contributed by atoms with Gasteiger partial charge in [0, 0.05) is 11.8 Å². The van der Waals surface area contributed by atoms with Gasteiger partial charge in [-0.3, -0.25) is 10.1 Å². The first-order valence-electron chi connectivity index (χ1n) is 6.91. The molecule has 0 radical (unpaired) electrons. The van der Waals surface area contributed by atoms with Gasteiger partial charge in [-0.2, -0.15) is 0 Å². The van der Waals surface area contributed by atoms with Crippen LogP contribution in [0.4, 0.5) is 17.1 Å². The number of hydrogen-bond acceptors (Lipinski definition) is 3. The molecule has 2 aromatic rings. The molecule has 2 aromatic carbocycles. The van der Waals surface area contributed by atoms with Crippen LogP contribution in [0.15, 0.2) is 42.5 Å². The van der Waals surface area contributed by atoms with E-state index >= 15 is 0 Å². The van der Waals surface area contributed by atoms with Gasteiger partial charge in [0.2, 0.25) is 0 Å². The van der Waals surface area contributed by atoms with Gasteiger partial charge in [0.1, 0.15) is 5.69 Å². The lowest BCUT2D eigenvalue weighted by Crippen LogP contribution is -2.14. The Morgan fingerprint density at radius 2 is 1.71 bits per heavy atom. The van der Waals surface area contributed by atoms with Crippen LogP contribution in [-0.4, -0.2) is 4.92 Å². The summed E-state index contributed by atoms with van der Waals surface area (Å²) in [7, 11) is 0. The molecule has 0 aliphatic rings. The average molecular weight is 284 g/mol. The normalized spacial score (nSPS) is 11.2. The fourth-order valence-electron chi connectivity index (χ4n) is 2.35. The third-order valence-electron chi connectivity index (χ3n) is 3.44. The minimum absolute atomic E-state index is 0.0406. The highest BCUT2D eigenvalue weighted by molar-refractivity contribution is 5.74. The van der Waals surface area contributed by atoms with Crippen molar-refractivity contribution in [3.63, 3.8) is 0 Å². The first-order valence-corrected chi connectivity index (χ1v) is 6.91. The van der Waals surface area contributed by atoms with E-state index in [9.17, 15) is 10.1 Å². The van der Waals surface area contributed by atoms with E-state index in [-0.39, 0.29) is 16.0 Å². The van der Waals surface area contributed by atoms with Crippen LogP contribution in [0.2, 0.25) is 0 Å². The van der Waals surface area contributed by atoms with Gasteiger partial charge in [-0.05, 0) is 29.5 Å². The van der Waals surface area contributed by atoms with E-state index < -0.39 is 0 Å². The minimum Gasteiger partial charge on any atom is -0.349 e. The molecule has 4 nitrogen and oxygen atoms in total. The maximum atomic E-state index is 11.2. The first-order chi connectivity index (χ1) is 9.80. The zero-order chi connectivity index (χ0) is 15.6. The van der Waals surface area contributed by atoms with E-state index in [0.29, 0.717) is 5.69 Å². The van der Waals surface area contributed by atoms with Crippen LogP contribution in [-0.2, 0) is 5.41 Å². The van der Waals surface area contributed by atoms with Gasteiger partial charge < -0.3 is 5.32 Å². The van der Waals surface area contributed by atoms with Gasteiger partial charge >= 0.3 is 0 Å². The van der Waals surface area contributed by atoms with E-state index in [1.165, 1.54) is 6.07 Å². The molecule has 0 aliphatic carbocycles. The van der Waals surface area contributed by atoms with Crippen molar-refractivity contribution >= 4 is 17.1 Å². The van der Waals surface area contributed by atoms with Gasteiger partial charge in [-0.15, -0.1) is 0 Å². The molecular formula is C17H20N2O2. The second kappa shape index (κ2) is 5.56. The number of aryl methyl sites for hydroxylation is 1. The van der Waals surface area contributed by atoms with Crippen molar-refractivity contribution in [1.82, 2.24) is 0 Å². The molecule has 0 aromatic heterocycles. The SMILES string of the molecule is Cc1cccc([N+](=O)[O-])c1Nc1ccccc1C(C)(C)C. The maximum absolute atomic E-state index is 11.2. The summed E-state index contributed by atoms with van der Waals surface area (Å²) >= 11 is 0. The molecule has 2 rings (SSSR count). The van der Waals surface area contributed by atoms with E-state index in [1.54, 1.807) is 6.07 Å². The Morgan fingerprint density at radius 1 is 1.05 bits per heavy atom. The predicted octanol–water partition coefficient (Wildman–Crippen LogP) is 4.94. The number of nitrogens with one attached hydrogen (secondary N) is 1. The fourth-order valence-corrected chi connectivity index (χ4v) is 2.35. The summed E-state index contributed by atoms with van der Waals surface area (Å²) < 4.78 is 0. The number of benzene rings is 2. The lowest BCUT2D eigenvalue weighted by Gasteiger charge is -2.23. The van der Waals surface area contributed by atoms with Crippen molar-refractivity contribution in [2.75, 3.05) is 5.32 Å². The standard InChI is InChI=1S/C17H20N2O2/c1-12-8-7-11-15(19(20)21)16(12)18-14-10-6-5-9-13(14)17(2,3)4/h5-11,18H,1-4H3. The van der Waals surface area contributed by atoms with Crippen LogP contribution in [0, 0.1) is 17.0 Å². The highest BCUT2D eigenvalue weighted by Crippen LogP contribution is 2.35. The summed E-state index contributed by atoms with van der Waals surface area (Å²) in [6.07, 6.45) is 0. The molecule has 0 heterocycles. The predicted molar refractivity (Wildman–Crippen MR) is 86.3 cm³/mol. The zero-order valence-corrected chi connectivity index (χ0v) is 12.8. The smallest absolute Gasteiger partial charge is 0.292 e. The third kappa shape index (κ3) is 3.21.